The van der Waals surface area contributed by atoms with Gasteiger partial charge in [0.25, 0.3) is 0 Å². The monoisotopic (exact) mass is 252 g/mol. The molecule has 0 bridgehead atoms. The first-order valence-electron chi connectivity index (χ1n) is 5.31. The first-order valence-corrected chi connectivity index (χ1v) is 5.31. The van der Waals surface area contributed by atoms with Crippen LogP contribution in [0, 0.1) is 0 Å². The van der Waals surface area contributed by atoms with E-state index >= 15 is 0 Å². The Balaban J connectivity index is 2.62. The summed E-state index contributed by atoms with van der Waals surface area (Å²) in [6.07, 6.45) is 1.08. The molecule has 7 nitrogen and oxygen atoms in total. The summed E-state index contributed by atoms with van der Waals surface area (Å²) in [6, 6.07) is 2.34. The van der Waals surface area contributed by atoms with Crippen molar-refractivity contribution >= 4 is 23.4 Å². The predicted octanol–water partition coefficient (Wildman–Crippen LogP) is -0.112. The third-order valence-corrected chi connectivity index (χ3v) is 2.20. The number of nitrogens with zero attached hydrogens (tertiary/aromatic N) is 2. The summed E-state index contributed by atoms with van der Waals surface area (Å²) in [5.74, 6) is -0.904. The Hall–Kier alpha value is -2.15. The van der Waals surface area contributed by atoms with Gasteiger partial charge in [-0.15, -0.1) is 0 Å². The topological polar surface area (TPSA) is 109 Å². The van der Waals surface area contributed by atoms with Crippen LogP contribution in [0.5, 0.6) is 0 Å². The zero-order chi connectivity index (χ0) is 13.7. The van der Waals surface area contributed by atoms with Crippen LogP contribution in [-0.4, -0.2) is 42.1 Å². The number of pyridine rings is 1. The van der Waals surface area contributed by atoms with E-state index in [1.54, 1.807) is 12.1 Å². The quantitative estimate of drug-likeness (QED) is 0.674. The van der Waals surface area contributed by atoms with Crippen molar-refractivity contribution in [3.05, 3.63) is 18.3 Å². The van der Waals surface area contributed by atoms with E-state index in [2.05, 4.69) is 10.3 Å². The van der Waals surface area contributed by atoms with E-state index in [0.29, 0.717) is 5.69 Å². The van der Waals surface area contributed by atoms with Crippen molar-refractivity contribution in [2.45, 2.75) is 12.5 Å². The molecule has 4 N–H and O–H groups in total. The smallest absolute Gasteiger partial charge is 0.305 e. The standard InChI is InChI=1S/C11H16N4O3/c1-15(2)9-4-3-7(6-13-9)14-11(18)8(12)5-10(16)17/h3-4,6,8H,5,12H2,1-2H3,(H,14,18)(H,16,17). The molecule has 98 valence electrons. The summed E-state index contributed by atoms with van der Waals surface area (Å²) in [7, 11) is 3.70. The molecule has 1 aromatic rings. The van der Waals surface area contributed by atoms with Crippen LogP contribution in [0.3, 0.4) is 0 Å². The van der Waals surface area contributed by atoms with Gasteiger partial charge < -0.3 is 21.1 Å². The highest BCUT2D eigenvalue weighted by molar-refractivity contribution is 5.96. The molecule has 1 aromatic heterocycles. The summed E-state index contributed by atoms with van der Waals surface area (Å²) < 4.78 is 0. The van der Waals surface area contributed by atoms with Crippen LogP contribution in [0.15, 0.2) is 18.3 Å². The van der Waals surface area contributed by atoms with Crippen LogP contribution < -0.4 is 16.0 Å². The maximum Gasteiger partial charge on any atom is 0.305 e. The Morgan fingerprint density at radius 1 is 1.50 bits per heavy atom. The largest absolute Gasteiger partial charge is 0.481 e. The Labute approximate surface area is 105 Å². The van der Waals surface area contributed by atoms with E-state index in [0.717, 1.165) is 5.82 Å². The lowest BCUT2D eigenvalue weighted by molar-refractivity contribution is -0.138. The number of carboxylic acids is 1. The summed E-state index contributed by atoms with van der Waals surface area (Å²) in [6.45, 7) is 0. The van der Waals surface area contributed by atoms with Crippen molar-refractivity contribution in [2.75, 3.05) is 24.3 Å². The van der Waals surface area contributed by atoms with Crippen molar-refractivity contribution in [1.82, 2.24) is 4.98 Å². The first-order chi connectivity index (χ1) is 8.40. The van der Waals surface area contributed by atoms with E-state index < -0.39 is 24.3 Å². The molecule has 0 saturated carbocycles. The van der Waals surface area contributed by atoms with E-state index in [1.165, 1.54) is 6.20 Å². The molecule has 0 aromatic carbocycles. The number of carboxylic acid groups (broad SMARTS) is 1. The van der Waals surface area contributed by atoms with Gasteiger partial charge in [0, 0.05) is 14.1 Å². The maximum atomic E-state index is 11.5. The van der Waals surface area contributed by atoms with Crippen LogP contribution in [0.2, 0.25) is 0 Å². The van der Waals surface area contributed by atoms with Gasteiger partial charge in [-0.25, -0.2) is 4.98 Å². The molecule has 0 aliphatic carbocycles. The molecule has 0 spiro atoms. The number of carbonyl (C=O) groups excluding carboxylic acids is 1. The van der Waals surface area contributed by atoms with Gasteiger partial charge in [-0.3, -0.25) is 9.59 Å². The number of nitrogens with two attached hydrogens (primary N) is 1. The summed E-state index contributed by atoms with van der Waals surface area (Å²) >= 11 is 0. The lowest BCUT2D eigenvalue weighted by atomic mass is 10.2. The highest BCUT2D eigenvalue weighted by Gasteiger charge is 2.17. The number of aliphatic carboxylic acids is 1. The molecule has 0 fully saturated rings. The molecule has 0 aliphatic heterocycles. The fourth-order valence-corrected chi connectivity index (χ4v) is 1.24. The van der Waals surface area contributed by atoms with E-state index in [-0.39, 0.29) is 0 Å². The summed E-state index contributed by atoms with van der Waals surface area (Å²) in [5.41, 5.74) is 5.90. The van der Waals surface area contributed by atoms with Crippen molar-refractivity contribution in [1.29, 1.82) is 0 Å². The maximum absolute atomic E-state index is 11.5. The third kappa shape index (κ3) is 4.02. The molecule has 1 heterocycles. The molecule has 18 heavy (non-hydrogen) atoms. The highest BCUT2D eigenvalue weighted by Crippen LogP contribution is 2.11. The molecule has 1 atom stereocenters. The van der Waals surface area contributed by atoms with E-state index in [9.17, 15) is 9.59 Å². The number of hydrogen-bond acceptors (Lipinski definition) is 5. The number of carbonyl (C=O) groups is 2. The number of amides is 1. The molecule has 0 radical (unpaired) electrons. The van der Waals surface area contributed by atoms with Gasteiger partial charge in [-0.05, 0) is 12.1 Å². The molecular weight excluding hydrogens is 236 g/mol. The van der Waals surface area contributed by atoms with Crippen LogP contribution in [-0.2, 0) is 9.59 Å². The Bertz CT molecular complexity index is 430. The van der Waals surface area contributed by atoms with Crippen LogP contribution in [0.1, 0.15) is 6.42 Å². The van der Waals surface area contributed by atoms with Gasteiger partial charge in [0.15, 0.2) is 0 Å². The van der Waals surface area contributed by atoms with Crippen molar-refractivity contribution < 1.29 is 14.7 Å². The summed E-state index contributed by atoms with van der Waals surface area (Å²) in [5, 5.41) is 11.0. The van der Waals surface area contributed by atoms with E-state index in [1.807, 2.05) is 19.0 Å². The Kier molecular flexibility index (Phi) is 4.61. The minimum Gasteiger partial charge on any atom is -0.481 e. The second-order valence-electron chi connectivity index (χ2n) is 3.99. The number of nitrogens with one attached hydrogen (secondary N) is 1. The fraction of sp³-hybridized carbons (Fsp3) is 0.364. The SMILES string of the molecule is CN(C)c1ccc(NC(=O)C(N)CC(=O)O)cn1. The van der Waals surface area contributed by atoms with Gasteiger partial charge in [0.05, 0.1) is 24.3 Å². The molecule has 0 saturated heterocycles. The normalized spacial score (nSPS) is 11.7. The second-order valence-corrected chi connectivity index (χ2v) is 3.99. The number of rotatable bonds is 5. The van der Waals surface area contributed by atoms with Crippen LogP contribution in [0.4, 0.5) is 11.5 Å². The Morgan fingerprint density at radius 2 is 2.17 bits per heavy atom. The zero-order valence-corrected chi connectivity index (χ0v) is 10.3. The van der Waals surface area contributed by atoms with Crippen LogP contribution in [0.25, 0.3) is 0 Å². The lowest BCUT2D eigenvalue weighted by Crippen LogP contribution is -2.37. The van der Waals surface area contributed by atoms with Crippen molar-refractivity contribution in [3.63, 3.8) is 0 Å². The van der Waals surface area contributed by atoms with Gasteiger partial charge in [-0.2, -0.15) is 0 Å². The van der Waals surface area contributed by atoms with Gasteiger partial charge in [0.1, 0.15) is 5.82 Å². The minimum atomic E-state index is -1.11. The molecular formula is C11H16N4O3. The Morgan fingerprint density at radius 3 is 2.61 bits per heavy atom. The summed E-state index contributed by atoms with van der Waals surface area (Å²) in [4.78, 5) is 27.9. The first kappa shape index (κ1) is 13.9. The molecule has 1 amide bonds. The van der Waals surface area contributed by atoms with Crippen molar-refractivity contribution in [3.8, 4) is 0 Å². The molecule has 7 heteroatoms. The highest BCUT2D eigenvalue weighted by atomic mass is 16.4. The van der Waals surface area contributed by atoms with Crippen molar-refractivity contribution in [2.24, 2.45) is 5.73 Å². The second kappa shape index (κ2) is 5.97. The van der Waals surface area contributed by atoms with Gasteiger partial charge in [0.2, 0.25) is 5.91 Å². The average molecular weight is 252 g/mol. The van der Waals surface area contributed by atoms with Gasteiger partial charge >= 0.3 is 5.97 Å². The van der Waals surface area contributed by atoms with E-state index in [4.69, 9.17) is 10.8 Å². The predicted molar refractivity (Wildman–Crippen MR) is 67.4 cm³/mol. The number of anilines is 2. The lowest BCUT2D eigenvalue weighted by Gasteiger charge is -2.13. The number of aromatic nitrogens is 1. The molecule has 0 aliphatic rings. The molecule has 1 rings (SSSR count). The average Bonchev–Trinajstić information content (AvgIpc) is 2.28. The van der Waals surface area contributed by atoms with Crippen LogP contribution >= 0.6 is 0 Å². The fourth-order valence-electron chi connectivity index (χ4n) is 1.24. The minimum absolute atomic E-state index is 0.408. The zero-order valence-electron chi connectivity index (χ0n) is 10.3. The van der Waals surface area contributed by atoms with Gasteiger partial charge in [-0.1, -0.05) is 0 Å². The number of hydrogen-bond donors (Lipinski definition) is 3. The third-order valence-electron chi connectivity index (χ3n) is 2.20. The molecule has 1 unspecified atom stereocenters.